The second kappa shape index (κ2) is 6.13. The molecule has 0 spiro atoms. The number of nitrogens with zero attached hydrogens (tertiary/aromatic N) is 1. The highest BCUT2D eigenvalue weighted by molar-refractivity contribution is 5.92. The van der Waals surface area contributed by atoms with Crippen molar-refractivity contribution in [1.82, 2.24) is 9.55 Å². The van der Waals surface area contributed by atoms with Crippen LogP contribution in [0.4, 0.5) is 0 Å². The maximum absolute atomic E-state index is 12.2. The zero-order valence-electron chi connectivity index (χ0n) is 12.4. The number of carboxylic acids is 1. The molecule has 0 aliphatic heterocycles. The van der Waals surface area contributed by atoms with Crippen LogP contribution in [0.1, 0.15) is 37.2 Å². The minimum Gasteiger partial charge on any atom is -0.478 e. The number of hydrogen-bond acceptors (Lipinski definition) is 3. The average Bonchev–Trinajstić information content (AvgIpc) is 2.74. The Morgan fingerprint density at radius 3 is 2.71 bits per heavy atom. The van der Waals surface area contributed by atoms with Gasteiger partial charge in [0.25, 0.3) is 0 Å². The topological polar surface area (TPSA) is 84.3 Å². The van der Waals surface area contributed by atoms with Gasteiger partial charge in [-0.15, -0.1) is 0 Å². The number of H-pyrrole nitrogens is 1. The molecule has 6 nitrogen and oxygen atoms in total. The molecule has 6 heteroatoms. The van der Waals surface area contributed by atoms with E-state index in [9.17, 15) is 9.59 Å². The summed E-state index contributed by atoms with van der Waals surface area (Å²) in [6.07, 6.45) is 0. The van der Waals surface area contributed by atoms with Gasteiger partial charge in [-0.2, -0.15) is 0 Å². The molecule has 2 rings (SSSR count). The molecular formula is C15H20N2O4. The van der Waals surface area contributed by atoms with Crippen LogP contribution >= 0.6 is 0 Å². The van der Waals surface area contributed by atoms with E-state index in [0.29, 0.717) is 24.2 Å². The van der Waals surface area contributed by atoms with Gasteiger partial charge in [-0.1, -0.05) is 13.8 Å². The van der Waals surface area contributed by atoms with Crippen molar-refractivity contribution in [1.29, 1.82) is 0 Å². The molecule has 1 unspecified atom stereocenters. The zero-order valence-corrected chi connectivity index (χ0v) is 12.4. The number of ether oxygens (including phenoxy) is 1. The minimum atomic E-state index is -1.01. The number of fused-ring (bicyclic) bond motifs is 1. The van der Waals surface area contributed by atoms with Gasteiger partial charge in [0.15, 0.2) is 0 Å². The SMILES string of the molecule is CCOCC(C(C)C)n1c(=O)[nH]c2cc(C(=O)O)ccc21. The summed E-state index contributed by atoms with van der Waals surface area (Å²) < 4.78 is 7.13. The lowest BCUT2D eigenvalue weighted by atomic mass is 10.0. The van der Waals surface area contributed by atoms with Crippen molar-refractivity contribution in [2.24, 2.45) is 5.92 Å². The van der Waals surface area contributed by atoms with E-state index in [4.69, 9.17) is 9.84 Å². The van der Waals surface area contributed by atoms with Crippen LogP contribution in [-0.4, -0.2) is 33.8 Å². The number of aromatic carboxylic acids is 1. The number of imidazole rings is 1. The van der Waals surface area contributed by atoms with Crippen LogP contribution in [0.15, 0.2) is 23.0 Å². The molecule has 0 aliphatic carbocycles. The van der Waals surface area contributed by atoms with Crippen molar-refractivity contribution in [3.63, 3.8) is 0 Å². The Kier molecular flexibility index (Phi) is 4.47. The number of aromatic nitrogens is 2. The number of benzene rings is 1. The average molecular weight is 292 g/mol. The summed E-state index contributed by atoms with van der Waals surface area (Å²) in [7, 11) is 0. The van der Waals surface area contributed by atoms with E-state index in [2.05, 4.69) is 4.98 Å². The van der Waals surface area contributed by atoms with Crippen molar-refractivity contribution >= 4 is 17.0 Å². The molecule has 1 aromatic heterocycles. The normalized spacial score (nSPS) is 13.0. The number of carboxylic acid groups (broad SMARTS) is 1. The highest BCUT2D eigenvalue weighted by Gasteiger charge is 2.21. The van der Waals surface area contributed by atoms with Crippen LogP contribution in [0.2, 0.25) is 0 Å². The Labute approximate surface area is 122 Å². The number of aromatic amines is 1. The van der Waals surface area contributed by atoms with E-state index < -0.39 is 5.97 Å². The fraction of sp³-hybridized carbons (Fsp3) is 0.467. The molecule has 2 aromatic rings. The van der Waals surface area contributed by atoms with E-state index in [-0.39, 0.29) is 23.2 Å². The van der Waals surface area contributed by atoms with Gasteiger partial charge in [-0.3, -0.25) is 4.57 Å². The van der Waals surface area contributed by atoms with Crippen LogP contribution in [0.5, 0.6) is 0 Å². The van der Waals surface area contributed by atoms with Gasteiger partial charge in [-0.05, 0) is 31.0 Å². The lowest BCUT2D eigenvalue weighted by Gasteiger charge is -2.22. The molecule has 1 atom stereocenters. The molecule has 0 amide bonds. The van der Waals surface area contributed by atoms with Crippen LogP contribution in [0.25, 0.3) is 11.0 Å². The molecule has 1 heterocycles. The summed E-state index contributed by atoms with van der Waals surface area (Å²) in [4.78, 5) is 26.0. The van der Waals surface area contributed by atoms with E-state index in [1.165, 1.54) is 12.1 Å². The third-order valence-electron chi connectivity index (χ3n) is 3.56. The lowest BCUT2D eigenvalue weighted by Crippen LogP contribution is -2.29. The summed E-state index contributed by atoms with van der Waals surface area (Å²) in [5.74, 6) is -0.798. The van der Waals surface area contributed by atoms with Crippen molar-refractivity contribution in [2.45, 2.75) is 26.8 Å². The maximum atomic E-state index is 12.2. The Balaban J connectivity index is 2.54. The summed E-state index contributed by atoms with van der Waals surface area (Å²) in [5.41, 5.74) is 1.14. The minimum absolute atomic E-state index is 0.0955. The highest BCUT2D eigenvalue weighted by Crippen LogP contribution is 2.22. The first-order valence-electron chi connectivity index (χ1n) is 7.01. The standard InChI is InChI=1S/C15H20N2O4/c1-4-21-8-13(9(2)3)17-12-6-5-10(14(18)19)7-11(12)16-15(17)20/h5-7,9,13H,4,8H2,1-3H3,(H,16,20)(H,18,19). The van der Waals surface area contributed by atoms with Gasteiger partial charge in [0.2, 0.25) is 0 Å². The quantitative estimate of drug-likeness (QED) is 0.855. The molecule has 0 radical (unpaired) electrons. The molecule has 0 aliphatic rings. The number of hydrogen-bond donors (Lipinski definition) is 2. The number of nitrogens with one attached hydrogen (secondary N) is 1. The fourth-order valence-corrected chi connectivity index (χ4v) is 2.40. The number of rotatable bonds is 6. The predicted molar refractivity (Wildman–Crippen MR) is 79.9 cm³/mol. The lowest BCUT2D eigenvalue weighted by molar-refractivity contribution is 0.0697. The molecule has 1 aromatic carbocycles. The van der Waals surface area contributed by atoms with Gasteiger partial charge < -0.3 is 14.8 Å². The molecule has 21 heavy (non-hydrogen) atoms. The molecule has 2 N–H and O–H groups in total. The van der Waals surface area contributed by atoms with Crippen molar-refractivity contribution in [2.75, 3.05) is 13.2 Å². The molecule has 0 bridgehead atoms. The first-order chi connectivity index (χ1) is 9.95. The predicted octanol–water partition coefficient (Wildman–Crippen LogP) is 2.26. The Bertz CT molecular complexity index is 699. The molecule has 0 saturated carbocycles. The van der Waals surface area contributed by atoms with Crippen molar-refractivity contribution in [3.8, 4) is 0 Å². The van der Waals surface area contributed by atoms with Crippen molar-refractivity contribution in [3.05, 3.63) is 34.2 Å². The van der Waals surface area contributed by atoms with Gasteiger partial charge in [0, 0.05) is 6.61 Å². The van der Waals surface area contributed by atoms with E-state index in [0.717, 1.165) is 0 Å². The van der Waals surface area contributed by atoms with Crippen LogP contribution in [-0.2, 0) is 4.74 Å². The Hall–Kier alpha value is -2.08. The fourth-order valence-electron chi connectivity index (χ4n) is 2.40. The highest BCUT2D eigenvalue weighted by atomic mass is 16.5. The summed E-state index contributed by atoms with van der Waals surface area (Å²) >= 11 is 0. The monoisotopic (exact) mass is 292 g/mol. The van der Waals surface area contributed by atoms with E-state index >= 15 is 0 Å². The van der Waals surface area contributed by atoms with Crippen LogP contribution in [0, 0.1) is 5.92 Å². The van der Waals surface area contributed by atoms with E-state index in [1.807, 2.05) is 20.8 Å². The first kappa shape index (κ1) is 15.3. The summed E-state index contributed by atoms with van der Waals surface area (Å²) in [5, 5.41) is 9.02. The Morgan fingerprint density at radius 1 is 1.43 bits per heavy atom. The van der Waals surface area contributed by atoms with E-state index in [1.54, 1.807) is 10.6 Å². The van der Waals surface area contributed by atoms with Crippen LogP contribution in [0.3, 0.4) is 0 Å². The second-order valence-electron chi connectivity index (χ2n) is 5.31. The van der Waals surface area contributed by atoms with Gasteiger partial charge in [0.05, 0.1) is 29.2 Å². The smallest absolute Gasteiger partial charge is 0.335 e. The first-order valence-corrected chi connectivity index (χ1v) is 7.01. The summed E-state index contributed by atoms with van der Waals surface area (Å²) in [6, 6.07) is 4.56. The van der Waals surface area contributed by atoms with Crippen molar-refractivity contribution < 1.29 is 14.6 Å². The second-order valence-corrected chi connectivity index (χ2v) is 5.31. The largest absolute Gasteiger partial charge is 0.478 e. The van der Waals surface area contributed by atoms with Gasteiger partial charge in [-0.25, -0.2) is 9.59 Å². The van der Waals surface area contributed by atoms with Gasteiger partial charge >= 0.3 is 11.7 Å². The third-order valence-corrected chi connectivity index (χ3v) is 3.56. The van der Waals surface area contributed by atoms with Gasteiger partial charge in [0.1, 0.15) is 0 Å². The summed E-state index contributed by atoms with van der Waals surface area (Å²) in [6.45, 7) is 7.00. The zero-order chi connectivity index (χ0) is 15.6. The molecular weight excluding hydrogens is 272 g/mol. The Morgan fingerprint density at radius 2 is 2.14 bits per heavy atom. The number of carbonyl (C=O) groups is 1. The molecule has 0 saturated heterocycles. The molecule has 0 fully saturated rings. The maximum Gasteiger partial charge on any atom is 0.335 e. The molecule has 114 valence electrons. The van der Waals surface area contributed by atoms with Crippen LogP contribution < -0.4 is 5.69 Å². The third kappa shape index (κ3) is 3.00.